The SMILES string of the molecule is CC(C)(C)n1ncc(C(=O)c2cccc(C(F)(F)F)c2)c1C(=O)O. The van der Waals surface area contributed by atoms with E-state index in [1.165, 1.54) is 6.07 Å². The molecule has 0 amide bonds. The fourth-order valence-corrected chi connectivity index (χ4v) is 2.22. The van der Waals surface area contributed by atoms with Crippen LogP contribution < -0.4 is 0 Å². The number of carbonyl (C=O) groups is 2. The first kappa shape index (κ1) is 17.7. The van der Waals surface area contributed by atoms with E-state index in [2.05, 4.69) is 5.10 Å². The van der Waals surface area contributed by atoms with Crippen LogP contribution in [-0.4, -0.2) is 26.6 Å². The van der Waals surface area contributed by atoms with Crippen molar-refractivity contribution in [2.75, 3.05) is 0 Å². The predicted molar refractivity (Wildman–Crippen MR) is 79.1 cm³/mol. The van der Waals surface area contributed by atoms with Crippen molar-refractivity contribution >= 4 is 11.8 Å². The molecule has 0 atom stereocenters. The topological polar surface area (TPSA) is 72.2 Å². The molecule has 0 fully saturated rings. The number of hydrogen-bond donors (Lipinski definition) is 1. The summed E-state index contributed by atoms with van der Waals surface area (Å²) in [5.41, 5.74) is -2.55. The average Bonchev–Trinajstić information content (AvgIpc) is 2.90. The van der Waals surface area contributed by atoms with Crippen LogP contribution in [0, 0.1) is 0 Å². The van der Waals surface area contributed by atoms with Crippen LogP contribution in [0.2, 0.25) is 0 Å². The maximum atomic E-state index is 12.8. The lowest BCUT2D eigenvalue weighted by atomic mass is 10.0. The molecule has 0 aliphatic heterocycles. The van der Waals surface area contributed by atoms with Gasteiger partial charge in [-0.3, -0.25) is 9.48 Å². The molecule has 0 radical (unpaired) electrons. The Kier molecular flexibility index (Phi) is 4.26. The van der Waals surface area contributed by atoms with Gasteiger partial charge in [-0.1, -0.05) is 12.1 Å². The zero-order chi connectivity index (χ0) is 18.3. The lowest BCUT2D eigenvalue weighted by Crippen LogP contribution is -2.28. The average molecular weight is 340 g/mol. The van der Waals surface area contributed by atoms with E-state index in [0.717, 1.165) is 23.0 Å². The molecule has 0 saturated carbocycles. The van der Waals surface area contributed by atoms with E-state index in [9.17, 15) is 27.9 Å². The molecule has 0 aliphatic rings. The summed E-state index contributed by atoms with van der Waals surface area (Å²) in [5, 5.41) is 13.3. The van der Waals surface area contributed by atoms with Gasteiger partial charge in [-0.2, -0.15) is 18.3 Å². The molecule has 0 aliphatic carbocycles. The Balaban J connectivity index is 2.56. The normalized spacial score (nSPS) is 12.2. The first-order valence-electron chi connectivity index (χ1n) is 6.96. The van der Waals surface area contributed by atoms with Crippen LogP contribution in [0.4, 0.5) is 13.2 Å². The summed E-state index contributed by atoms with van der Waals surface area (Å²) in [6.07, 6.45) is -3.53. The summed E-state index contributed by atoms with van der Waals surface area (Å²) >= 11 is 0. The number of nitrogens with zero attached hydrogens (tertiary/aromatic N) is 2. The zero-order valence-electron chi connectivity index (χ0n) is 13.2. The van der Waals surface area contributed by atoms with Crippen LogP contribution in [0.3, 0.4) is 0 Å². The monoisotopic (exact) mass is 340 g/mol. The number of carbonyl (C=O) groups excluding carboxylic acids is 1. The van der Waals surface area contributed by atoms with Crippen molar-refractivity contribution in [3.8, 4) is 0 Å². The van der Waals surface area contributed by atoms with E-state index >= 15 is 0 Å². The standard InChI is InChI=1S/C16H15F3N2O3/c1-15(2,3)21-12(14(23)24)11(8-20-21)13(22)9-5-4-6-10(7-9)16(17,18)19/h4-8H,1-3H3,(H,23,24). The molecule has 1 aromatic carbocycles. The maximum absolute atomic E-state index is 12.8. The molecule has 1 heterocycles. The van der Waals surface area contributed by atoms with Gasteiger partial charge in [-0.05, 0) is 32.9 Å². The third kappa shape index (κ3) is 3.32. The fraction of sp³-hybridized carbons (Fsp3) is 0.312. The van der Waals surface area contributed by atoms with Gasteiger partial charge in [0, 0.05) is 5.56 Å². The summed E-state index contributed by atoms with van der Waals surface area (Å²) in [6, 6.07) is 3.85. The Morgan fingerprint density at radius 3 is 2.29 bits per heavy atom. The minimum Gasteiger partial charge on any atom is -0.477 e. The van der Waals surface area contributed by atoms with Crippen molar-refractivity contribution in [3.63, 3.8) is 0 Å². The van der Waals surface area contributed by atoms with E-state index in [0.29, 0.717) is 6.07 Å². The largest absolute Gasteiger partial charge is 0.477 e. The summed E-state index contributed by atoms with van der Waals surface area (Å²) in [4.78, 5) is 24.0. The number of aromatic nitrogens is 2. The summed E-state index contributed by atoms with van der Waals surface area (Å²) in [7, 11) is 0. The predicted octanol–water partition coefficient (Wildman–Crippen LogP) is 3.59. The van der Waals surface area contributed by atoms with Gasteiger partial charge in [0.05, 0.1) is 22.9 Å². The van der Waals surface area contributed by atoms with Gasteiger partial charge in [-0.15, -0.1) is 0 Å². The van der Waals surface area contributed by atoms with E-state index < -0.39 is 29.0 Å². The van der Waals surface area contributed by atoms with E-state index in [1.54, 1.807) is 20.8 Å². The molecule has 1 aromatic heterocycles. The molecule has 0 unspecified atom stereocenters. The van der Waals surface area contributed by atoms with Gasteiger partial charge in [0.1, 0.15) is 0 Å². The molecule has 0 saturated heterocycles. The molecule has 8 heteroatoms. The number of alkyl halides is 3. The van der Waals surface area contributed by atoms with Crippen LogP contribution in [0.5, 0.6) is 0 Å². The second kappa shape index (κ2) is 5.77. The van der Waals surface area contributed by atoms with Crippen LogP contribution in [-0.2, 0) is 11.7 Å². The molecule has 5 nitrogen and oxygen atoms in total. The molecule has 1 N–H and O–H groups in total. The third-order valence-corrected chi connectivity index (χ3v) is 3.30. The minimum absolute atomic E-state index is 0.249. The molecular formula is C16H15F3N2O3. The van der Waals surface area contributed by atoms with Crippen molar-refractivity contribution in [2.45, 2.75) is 32.5 Å². The zero-order valence-corrected chi connectivity index (χ0v) is 13.2. The molecule has 2 aromatic rings. The first-order chi connectivity index (χ1) is 10.9. The molecule has 2 rings (SSSR count). The van der Waals surface area contributed by atoms with E-state index in [-0.39, 0.29) is 16.8 Å². The Bertz CT molecular complexity index is 802. The Morgan fingerprint density at radius 2 is 1.79 bits per heavy atom. The van der Waals surface area contributed by atoms with Gasteiger partial charge in [0.2, 0.25) is 0 Å². The lowest BCUT2D eigenvalue weighted by molar-refractivity contribution is -0.137. The van der Waals surface area contributed by atoms with Crippen molar-refractivity contribution in [1.82, 2.24) is 9.78 Å². The van der Waals surface area contributed by atoms with Crippen LogP contribution in [0.15, 0.2) is 30.5 Å². The highest BCUT2D eigenvalue weighted by Crippen LogP contribution is 2.30. The number of benzene rings is 1. The van der Waals surface area contributed by atoms with Crippen LogP contribution >= 0.6 is 0 Å². The van der Waals surface area contributed by atoms with Crippen LogP contribution in [0.1, 0.15) is 52.7 Å². The van der Waals surface area contributed by atoms with Crippen LogP contribution in [0.25, 0.3) is 0 Å². The Labute approximate surface area is 135 Å². The highest BCUT2D eigenvalue weighted by molar-refractivity contribution is 6.13. The van der Waals surface area contributed by atoms with E-state index in [4.69, 9.17) is 0 Å². The Hall–Kier alpha value is -2.64. The molecule has 0 spiro atoms. The van der Waals surface area contributed by atoms with Crippen molar-refractivity contribution in [2.24, 2.45) is 0 Å². The lowest BCUT2D eigenvalue weighted by Gasteiger charge is -2.21. The van der Waals surface area contributed by atoms with Crippen molar-refractivity contribution < 1.29 is 27.9 Å². The first-order valence-corrected chi connectivity index (χ1v) is 6.96. The van der Waals surface area contributed by atoms with Gasteiger partial charge < -0.3 is 5.11 Å². The van der Waals surface area contributed by atoms with Crippen molar-refractivity contribution in [1.29, 1.82) is 0 Å². The second-order valence-electron chi connectivity index (χ2n) is 6.20. The Morgan fingerprint density at radius 1 is 1.17 bits per heavy atom. The second-order valence-corrected chi connectivity index (χ2v) is 6.20. The van der Waals surface area contributed by atoms with Gasteiger partial charge in [-0.25, -0.2) is 4.79 Å². The maximum Gasteiger partial charge on any atom is 0.416 e. The summed E-state index contributed by atoms with van der Waals surface area (Å²) in [6.45, 7) is 5.10. The molecule has 128 valence electrons. The third-order valence-electron chi connectivity index (χ3n) is 3.30. The number of ketones is 1. The summed E-state index contributed by atoms with van der Waals surface area (Å²) < 4.78 is 39.5. The molecule has 0 bridgehead atoms. The van der Waals surface area contributed by atoms with Gasteiger partial charge >= 0.3 is 12.1 Å². The summed E-state index contributed by atoms with van der Waals surface area (Å²) in [5.74, 6) is -2.20. The highest BCUT2D eigenvalue weighted by Gasteiger charge is 2.32. The number of carboxylic acid groups (broad SMARTS) is 1. The number of halogens is 3. The number of aromatic carboxylic acids is 1. The smallest absolute Gasteiger partial charge is 0.416 e. The number of rotatable bonds is 3. The van der Waals surface area contributed by atoms with Gasteiger partial charge in [0.15, 0.2) is 11.5 Å². The van der Waals surface area contributed by atoms with Gasteiger partial charge in [0.25, 0.3) is 0 Å². The van der Waals surface area contributed by atoms with E-state index in [1.807, 2.05) is 0 Å². The quantitative estimate of drug-likeness (QED) is 0.867. The van der Waals surface area contributed by atoms with Crippen molar-refractivity contribution in [3.05, 3.63) is 52.8 Å². The number of carboxylic acids is 1. The molecular weight excluding hydrogens is 325 g/mol. The number of hydrogen-bond acceptors (Lipinski definition) is 3. The molecule has 24 heavy (non-hydrogen) atoms. The highest BCUT2D eigenvalue weighted by atomic mass is 19.4. The minimum atomic E-state index is -4.60. The fourth-order valence-electron chi connectivity index (χ4n) is 2.22.